The fourth-order valence-corrected chi connectivity index (χ4v) is 3.38. The Hall–Kier alpha value is -2.02. The Bertz CT molecular complexity index is 623. The molecule has 2 unspecified atom stereocenters. The molecule has 0 rings (SSSR count). The molecule has 2 atom stereocenters. The molecule has 0 saturated carbocycles. The predicted octanol–water partition coefficient (Wildman–Crippen LogP) is 4.87. The van der Waals surface area contributed by atoms with Gasteiger partial charge in [0.2, 0.25) is 12.3 Å². The molecule has 0 aromatic heterocycles. The van der Waals surface area contributed by atoms with E-state index in [-0.39, 0.29) is 5.75 Å². The molecule has 0 aliphatic carbocycles. The van der Waals surface area contributed by atoms with E-state index in [4.69, 9.17) is 0 Å². The molecular formula is C24H42N2O4S. The van der Waals surface area contributed by atoms with Crippen molar-refractivity contribution in [1.29, 1.82) is 0 Å². The SMILES string of the molecule is CC.CC(C)=CCC/C(C)=C/CC/C(C)=C/CSCC(NC(=O)C(C)NC=O)C(=O)O. The van der Waals surface area contributed by atoms with Crippen LogP contribution >= 0.6 is 11.8 Å². The highest BCUT2D eigenvalue weighted by atomic mass is 32.2. The minimum Gasteiger partial charge on any atom is -0.480 e. The average Bonchev–Trinajstić information content (AvgIpc) is 2.71. The molecule has 0 aromatic rings. The van der Waals surface area contributed by atoms with E-state index in [1.807, 2.05) is 13.8 Å². The molecule has 0 spiro atoms. The first-order valence-electron chi connectivity index (χ1n) is 10.9. The quantitative estimate of drug-likeness (QED) is 0.186. The fourth-order valence-electron chi connectivity index (χ4n) is 2.38. The van der Waals surface area contributed by atoms with Crippen molar-refractivity contribution in [3.05, 3.63) is 34.9 Å². The van der Waals surface area contributed by atoms with E-state index in [9.17, 15) is 19.5 Å². The van der Waals surface area contributed by atoms with Crippen molar-refractivity contribution in [2.24, 2.45) is 0 Å². The lowest BCUT2D eigenvalue weighted by Crippen LogP contribution is -2.49. The lowest BCUT2D eigenvalue weighted by Gasteiger charge is -2.17. The van der Waals surface area contributed by atoms with Crippen LogP contribution in [-0.2, 0) is 14.4 Å². The van der Waals surface area contributed by atoms with Gasteiger partial charge < -0.3 is 15.7 Å². The summed E-state index contributed by atoms with van der Waals surface area (Å²) in [6, 6.07) is -1.75. The van der Waals surface area contributed by atoms with Crippen molar-refractivity contribution < 1.29 is 19.5 Å². The Balaban J connectivity index is 0. The molecule has 0 radical (unpaired) electrons. The van der Waals surface area contributed by atoms with E-state index in [0.29, 0.717) is 12.2 Å². The number of rotatable bonds is 15. The Morgan fingerprint density at radius 2 is 1.52 bits per heavy atom. The Labute approximate surface area is 193 Å². The smallest absolute Gasteiger partial charge is 0.327 e. The topological polar surface area (TPSA) is 95.5 Å². The highest BCUT2D eigenvalue weighted by Crippen LogP contribution is 2.13. The van der Waals surface area contributed by atoms with Crippen LogP contribution in [0.1, 0.15) is 74.1 Å². The minimum atomic E-state index is -1.08. The average molecular weight is 455 g/mol. The number of hydrogen-bond acceptors (Lipinski definition) is 4. The molecule has 3 N–H and O–H groups in total. The molecule has 0 aromatic carbocycles. The summed E-state index contributed by atoms with van der Waals surface area (Å²) in [5.41, 5.74) is 4.03. The summed E-state index contributed by atoms with van der Waals surface area (Å²) < 4.78 is 0. The molecule has 7 heteroatoms. The van der Waals surface area contributed by atoms with Crippen molar-refractivity contribution in [1.82, 2.24) is 10.6 Å². The van der Waals surface area contributed by atoms with E-state index in [2.05, 4.69) is 56.6 Å². The van der Waals surface area contributed by atoms with E-state index >= 15 is 0 Å². The van der Waals surface area contributed by atoms with Crippen molar-refractivity contribution in [3.8, 4) is 0 Å². The summed E-state index contributed by atoms with van der Waals surface area (Å²) in [6.45, 7) is 14.0. The molecule has 178 valence electrons. The summed E-state index contributed by atoms with van der Waals surface area (Å²) >= 11 is 1.45. The zero-order chi connectivity index (χ0) is 24.2. The van der Waals surface area contributed by atoms with Gasteiger partial charge in [0.15, 0.2) is 0 Å². The van der Waals surface area contributed by atoms with Gasteiger partial charge in [-0.3, -0.25) is 9.59 Å². The largest absolute Gasteiger partial charge is 0.480 e. The fraction of sp³-hybridized carbons (Fsp3) is 0.625. The Kier molecular flexibility index (Phi) is 20.0. The second kappa shape index (κ2) is 19.9. The maximum Gasteiger partial charge on any atom is 0.327 e. The summed E-state index contributed by atoms with van der Waals surface area (Å²) in [6.07, 6.45) is 11.2. The van der Waals surface area contributed by atoms with Gasteiger partial charge in [0.05, 0.1) is 0 Å². The summed E-state index contributed by atoms with van der Waals surface area (Å²) in [7, 11) is 0. The number of carboxylic acids is 1. The first kappa shape index (κ1) is 31.2. The van der Waals surface area contributed by atoms with Gasteiger partial charge in [0.1, 0.15) is 12.1 Å². The van der Waals surface area contributed by atoms with E-state index in [1.54, 1.807) is 0 Å². The number of thioether (sulfide) groups is 1. The lowest BCUT2D eigenvalue weighted by atomic mass is 10.1. The van der Waals surface area contributed by atoms with Gasteiger partial charge in [-0.2, -0.15) is 11.8 Å². The molecule has 0 saturated heterocycles. The van der Waals surface area contributed by atoms with Crippen molar-refractivity contribution in [3.63, 3.8) is 0 Å². The van der Waals surface area contributed by atoms with Crippen molar-refractivity contribution in [2.45, 2.75) is 86.2 Å². The number of hydrogen-bond donors (Lipinski definition) is 3. The number of carbonyl (C=O) groups excluding carboxylic acids is 2. The Morgan fingerprint density at radius 3 is 2.03 bits per heavy atom. The molecule has 0 aliphatic rings. The summed E-state index contributed by atoms with van der Waals surface area (Å²) in [5, 5.41) is 14.0. The number of carboxylic acid groups (broad SMARTS) is 1. The van der Waals surface area contributed by atoms with Crippen LogP contribution in [0, 0.1) is 0 Å². The zero-order valence-electron chi connectivity index (χ0n) is 20.3. The Morgan fingerprint density at radius 1 is 0.968 bits per heavy atom. The third-order valence-electron chi connectivity index (χ3n) is 4.28. The van der Waals surface area contributed by atoms with Crippen LogP contribution in [0.15, 0.2) is 34.9 Å². The third kappa shape index (κ3) is 18.5. The van der Waals surface area contributed by atoms with Crippen LogP contribution in [-0.4, -0.2) is 47.0 Å². The highest BCUT2D eigenvalue weighted by Gasteiger charge is 2.22. The molecule has 0 heterocycles. The zero-order valence-corrected chi connectivity index (χ0v) is 21.1. The van der Waals surface area contributed by atoms with Crippen LogP contribution < -0.4 is 10.6 Å². The molecule has 0 fully saturated rings. The van der Waals surface area contributed by atoms with Gasteiger partial charge in [-0.25, -0.2) is 4.79 Å². The monoisotopic (exact) mass is 454 g/mol. The van der Waals surface area contributed by atoms with Crippen LogP contribution in [0.5, 0.6) is 0 Å². The maximum atomic E-state index is 11.8. The normalized spacial score (nSPS) is 13.3. The molecule has 2 amide bonds. The molecule has 6 nitrogen and oxygen atoms in total. The second-order valence-electron chi connectivity index (χ2n) is 7.40. The van der Waals surface area contributed by atoms with E-state index < -0.39 is 24.0 Å². The number of carbonyl (C=O) groups is 3. The summed E-state index contributed by atoms with van der Waals surface area (Å²) in [5.74, 6) is -0.638. The van der Waals surface area contributed by atoms with Crippen molar-refractivity contribution >= 4 is 30.0 Å². The molecule has 31 heavy (non-hydrogen) atoms. The number of allylic oxidation sites excluding steroid dienone is 5. The molecule has 0 aliphatic heterocycles. The molecular weight excluding hydrogens is 412 g/mol. The standard InChI is InChI=1S/C22H36N2O4S.C2H6/c1-16(2)8-6-9-17(3)10-7-11-18(4)12-13-29-14-20(22(27)28)24-21(26)19(5)23-15-25;1-2/h8,10,12,15,19-20H,6-7,9,11,13-14H2,1-5H3,(H,23,25)(H,24,26)(H,27,28);1-2H3/b17-10+,18-12+;. The number of aliphatic carboxylic acids is 1. The number of nitrogens with one attached hydrogen (secondary N) is 2. The number of amides is 2. The predicted molar refractivity (Wildman–Crippen MR) is 132 cm³/mol. The maximum absolute atomic E-state index is 11.8. The van der Waals surface area contributed by atoms with Crippen LogP contribution in [0.25, 0.3) is 0 Å². The van der Waals surface area contributed by atoms with Gasteiger partial charge >= 0.3 is 5.97 Å². The lowest BCUT2D eigenvalue weighted by molar-refractivity contribution is -0.141. The third-order valence-corrected chi connectivity index (χ3v) is 5.25. The van der Waals surface area contributed by atoms with Gasteiger partial charge in [-0.05, 0) is 60.3 Å². The van der Waals surface area contributed by atoms with Gasteiger partial charge in [-0.15, -0.1) is 0 Å². The van der Waals surface area contributed by atoms with Crippen LogP contribution in [0.3, 0.4) is 0 Å². The van der Waals surface area contributed by atoms with Crippen LogP contribution in [0.4, 0.5) is 0 Å². The van der Waals surface area contributed by atoms with Crippen LogP contribution in [0.2, 0.25) is 0 Å². The minimum absolute atomic E-state index is 0.266. The van der Waals surface area contributed by atoms with E-state index in [1.165, 1.54) is 35.4 Å². The second-order valence-corrected chi connectivity index (χ2v) is 8.48. The highest BCUT2D eigenvalue weighted by molar-refractivity contribution is 7.99. The van der Waals surface area contributed by atoms with E-state index in [0.717, 1.165) is 25.7 Å². The van der Waals surface area contributed by atoms with Gasteiger partial charge in [0, 0.05) is 11.5 Å². The molecule has 0 bridgehead atoms. The summed E-state index contributed by atoms with van der Waals surface area (Å²) in [4.78, 5) is 33.5. The first-order chi connectivity index (χ1) is 14.7. The first-order valence-corrected chi connectivity index (χ1v) is 12.1. The van der Waals surface area contributed by atoms with Gasteiger partial charge in [-0.1, -0.05) is 48.8 Å². The van der Waals surface area contributed by atoms with Crippen molar-refractivity contribution in [2.75, 3.05) is 11.5 Å². The van der Waals surface area contributed by atoms with Gasteiger partial charge in [0.25, 0.3) is 0 Å².